The summed E-state index contributed by atoms with van der Waals surface area (Å²) in [6, 6.07) is 0. The number of unbranched alkanes of at least 4 members (excludes halogenated alkanes) is 3. The summed E-state index contributed by atoms with van der Waals surface area (Å²) in [5.74, 6) is -1.04. The van der Waals surface area contributed by atoms with Gasteiger partial charge in [0.05, 0.1) is 0 Å². The van der Waals surface area contributed by atoms with Crippen molar-refractivity contribution >= 4 is 11.9 Å². The summed E-state index contributed by atoms with van der Waals surface area (Å²) in [7, 11) is 0. The number of carboxylic acid groups (broad SMARTS) is 1. The van der Waals surface area contributed by atoms with Gasteiger partial charge in [-0.15, -0.1) is 0 Å². The van der Waals surface area contributed by atoms with Crippen LogP contribution in [0.3, 0.4) is 0 Å². The average Bonchev–Trinajstić information content (AvgIpc) is 2.44. The van der Waals surface area contributed by atoms with E-state index in [-0.39, 0.29) is 18.5 Å². The fourth-order valence-corrected chi connectivity index (χ4v) is 1.83. The molecule has 0 aliphatic heterocycles. The number of hydrogen-bond donors (Lipinski definition) is 1. The molecule has 22 heavy (non-hydrogen) atoms. The average molecular weight is 308 g/mol. The topological polar surface area (TPSA) is 63.6 Å². The van der Waals surface area contributed by atoms with Crippen molar-refractivity contribution in [3.63, 3.8) is 0 Å². The number of carboxylic acids is 1. The lowest BCUT2D eigenvalue weighted by Gasteiger charge is -2.08. The van der Waals surface area contributed by atoms with Gasteiger partial charge in [0.1, 0.15) is 6.10 Å². The van der Waals surface area contributed by atoms with Gasteiger partial charge in [0, 0.05) is 13.3 Å². The highest BCUT2D eigenvalue weighted by atomic mass is 16.5. The van der Waals surface area contributed by atoms with Gasteiger partial charge in [0.25, 0.3) is 0 Å². The Morgan fingerprint density at radius 3 is 2.41 bits per heavy atom. The highest BCUT2D eigenvalue weighted by molar-refractivity contribution is 5.66. The molecule has 0 aromatic rings. The Morgan fingerprint density at radius 2 is 1.77 bits per heavy atom. The van der Waals surface area contributed by atoms with Gasteiger partial charge < -0.3 is 9.84 Å². The van der Waals surface area contributed by atoms with E-state index in [0.29, 0.717) is 6.42 Å². The van der Waals surface area contributed by atoms with Crippen LogP contribution in [0.25, 0.3) is 0 Å². The van der Waals surface area contributed by atoms with E-state index >= 15 is 0 Å². The molecule has 1 N–H and O–H groups in total. The number of hydrogen-bond acceptors (Lipinski definition) is 3. The Balaban J connectivity index is 4.06. The molecular weight excluding hydrogens is 280 g/mol. The maximum Gasteiger partial charge on any atom is 0.303 e. The molecule has 0 aromatic carbocycles. The summed E-state index contributed by atoms with van der Waals surface area (Å²) >= 11 is 0. The Bertz CT molecular complexity index is 394. The number of ether oxygens (including phenoxy) is 1. The van der Waals surface area contributed by atoms with Crippen LogP contribution < -0.4 is 0 Å². The van der Waals surface area contributed by atoms with Crippen LogP contribution in [0.4, 0.5) is 0 Å². The van der Waals surface area contributed by atoms with E-state index < -0.39 is 5.97 Å². The van der Waals surface area contributed by atoms with Crippen LogP contribution in [-0.2, 0) is 14.3 Å². The second kappa shape index (κ2) is 14.1. The number of carbonyl (C=O) groups is 2. The van der Waals surface area contributed by atoms with E-state index in [1.807, 2.05) is 24.3 Å². The molecule has 4 heteroatoms. The smallest absolute Gasteiger partial charge is 0.303 e. The van der Waals surface area contributed by atoms with E-state index in [4.69, 9.17) is 9.84 Å². The van der Waals surface area contributed by atoms with E-state index in [1.165, 1.54) is 6.92 Å². The minimum absolute atomic E-state index is 0.230. The van der Waals surface area contributed by atoms with Crippen molar-refractivity contribution in [2.75, 3.05) is 0 Å². The summed E-state index contributed by atoms with van der Waals surface area (Å²) in [5, 5.41) is 8.53. The van der Waals surface area contributed by atoms with Crippen molar-refractivity contribution in [1.82, 2.24) is 0 Å². The third-order valence-electron chi connectivity index (χ3n) is 2.89. The third kappa shape index (κ3) is 14.6. The fourth-order valence-electron chi connectivity index (χ4n) is 1.83. The monoisotopic (exact) mass is 308 g/mol. The Kier molecular flexibility index (Phi) is 12.9. The van der Waals surface area contributed by atoms with Crippen LogP contribution in [0.5, 0.6) is 0 Å². The predicted molar refractivity (Wildman–Crippen MR) is 88.6 cm³/mol. The zero-order valence-corrected chi connectivity index (χ0v) is 13.7. The molecule has 0 radical (unpaired) electrons. The quantitative estimate of drug-likeness (QED) is 0.329. The van der Waals surface area contributed by atoms with Crippen LogP contribution >= 0.6 is 0 Å². The van der Waals surface area contributed by atoms with Crippen molar-refractivity contribution in [3.05, 3.63) is 36.5 Å². The van der Waals surface area contributed by atoms with Gasteiger partial charge in [0.15, 0.2) is 0 Å². The molecular formula is C18H28O4. The first-order valence-electron chi connectivity index (χ1n) is 7.93. The number of allylic oxidation sites excluding steroid dienone is 4. The van der Waals surface area contributed by atoms with Crippen molar-refractivity contribution in [1.29, 1.82) is 0 Å². The largest absolute Gasteiger partial charge is 0.481 e. The molecule has 124 valence electrons. The van der Waals surface area contributed by atoms with Gasteiger partial charge in [-0.3, -0.25) is 9.59 Å². The zero-order valence-electron chi connectivity index (χ0n) is 13.7. The molecule has 0 bridgehead atoms. The molecule has 0 rings (SSSR count). The molecule has 0 spiro atoms. The molecule has 0 saturated carbocycles. The summed E-state index contributed by atoms with van der Waals surface area (Å²) < 4.78 is 5.20. The van der Waals surface area contributed by atoms with Crippen molar-refractivity contribution < 1.29 is 19.4 Å². The lowest BCUT2D eigenvalue weighted by Crippen LogP contribution is -2.10. The molecule has 4 nitrogen and oxygen atoms in total. The van der Waals surface area contributed by atoms with Crippen LogP contribution in [0.2, 0.25) is 0 Å². The number of carbonyl (C=O) groups excluding carboxylic acids is 1. The van der Waals surface area contributed by atoms with Crippen molar-refractivity contribution in [3.8, 4) is 0 Å². The molecule has 0 fully saturated rings. The van der Waals surface area contributed by atoms with Crippen LogP contribution in [0.15, 0.2) is 36.5 Å². The van der Waals surface area contributed by atoms with Gasteiger partial charge in [-0.2, -0.15) is 0 Å². The maximum atomic E-state index is 11.1. The van der Waals surface area contributed by atoms with E-state index in [2.05, 4.69) is 19.1 Å². The molecule has 0 aromatic heterocycles. The van der Waals surface area contributed by atoms with Gasteiger partial charge in [-0.25, -0.2) is 0 Å². The summed E-state index contributed by atoms with van der Waals surface area (Å²) in [4.78, 5) is 21.4. The first-order chi connectivity index (χ1) is 10.6. The Hall–Kier alpha value is -1.84. The lowest BCUT2D eigenvalue weighted by molar-refractivity contribution is -0.142. The Labute approximate surface area is 133 Å². The SMILES string of the molecule is CC/C=C\C/C=C\C(/C=C\CCCCCC(=O)O)OC(C)=O. The van der Waals surface area contributed by atoms with E-state index in [1.54, 1.807) is 0 Å². The number of aliphatic carboxylic acids is 1. The fraction of sp³-hybridized carbons (Fsp3) is 0.556. The van der Waals surface area contributed by atoms with Crippen LogP contribution in [0, 0.1) is 0 Å². The molecule has 0 amide bonds. The molecule has 0 aliphatic rings. The predicted octanol–water partition coefficient (Wildman–Crippen LogP) is 4.42. The highest BCUT2D eigenvalue weighted by Crippen LogP contribution is 2.06. The molecule has 0 heterocycles. The summed E-state index contributed by atoms with van der Waals surface area (Å²) in [6.07, 6.45) is 17.1. The van der Waals surface area contributed by atoms with Crippen molar-refractivity contribution in [2.45, 2.75) is 64.9 Å². The number of rotatable bonds is 12. The first kappa shape index (κ1) is 20.2. The van der Waals surface area contributed by atoms with Gasteiger partial charge >= 0.3 is 11.9 Å². The maximum absolute atomic E-state index is 11.1. The second-order valence-corrected chi connectivity index (χ2v) is 5.04. The molecule has 1 atom stereocenters. The second-order valence-electron chi connectivity index (χ2n) is 5.04. The summed E-state index contributed by atoms with van der Waals surface area (Å²) in [6.45, 7) is 3.48. The summed E-state index contributed by atoms with van der Waals surface area (Å²) in [5.41, 5.74) is 0. The molecule has 0 aliphatic carbocycles. The normalized spacial score (nSPS) is 13.2. The standard InChI is InChI=1S/C18H28O4/c1-3-4-5-7-10-13-17(22-16(2)19)14-11-8-6-9-12-15-18(20)21/h4-5,10-11,13-14,17H,3,6-9,12,15H2,1-2H3,(H,20,21)/b5-4-,13-10-,14-11-. The zero-order chi connectivity index (χ0) is 16.6. The van der Waals surface area contributed by atoms with E-state index in [9.17, 15) is 9.59 Å². The van der Waals surface area contributed by atoms with Crippen molar-refractivity contribution in [2.24, 2.45) is 0 Å². The highest BCUT2D eigenvalue weighted by Gasteiger charge is 2.02. The molecule has 1 unspecified atom stereocenters. The minimum Gasteiger partial charge on any atom is -0.481 e. The van der Waals surface area contributed by atoms with Crippen LogP contribution in [0.1, 0.15) is 58.8 Å². The first-order valence-corrected chi connectivity index (χ1v) is 7.93. The van der Waals surface area contributed by atoms with Crippen LogP contribution in [-0.4, -0.2) is 23.1 Å². The van der Waals surface area contributed by atoms with Gasteiger partial charge in [0.2, 0.25) is 0 Å². The Morgan fingerprint density at radius 1 is 1.05 bits per heavy atom. The lowest BCUT2D eigenvalue weighted by atomic mass is 10.1. The minimum atomic E-state index is -0.743. The number of esters is 1. The third-order valence-corrected chi connectivity index (χ3v) is 2.89. The van der Waals surface area contributed by atoms with Gasteiger partial charge in [-0.05, 0) is 44.3 Å². The van der Waals surface area contributed by atoms with E-state index in [0.717, 1.165) is 32.1 Å². The van der Waals surface area contributed by atoms with Gasteiger partial charge in [-0.1, -0.05) is 37.6 Å². The molecule has 0 saturated heterocycles.